The Bertz CT molecular complexity index is 1970. The van der Waals surface area contributed by atoms with E-state index in [2.05, 4.69) is 53.7 Å². The van der Waals surface area contributed by atoms with E-state index in [1.54, 1.807) is 0 Å². The van der Waals surface area contributed by atoms with Crippen molar-refractivity contribution in [2.75, 3.05) is 19.8 Å². The fourth-order valence-electron chi connectivity index (χ4n) is 4.39. The van der Waals surface area contributed by atoms with Crippen LogP contribution in [0.3, 0.4) is 0 Å². The van der Waals surface area contributed by atoms with Crippen LogP contribution in [0.25, 0.3) is 10.8 Å². The Morgan fingerprint density at radius 3 is 1.80 bits per heavy atom. The third kappa shape index (κ3) is 13.2. The molecule has 0 aromatic heterocycles. The van der Waals surface area contributed by atoms with Crippen LogP contribution >= 0.6 is 0 Å². The molecule has 6 heteroatoms. The van der Waals surface area contributed by atoms with Gasteiger partial charge < -0.3 is 14.2 Å². The van der Waals surface area contributed by atoms with Gasteiger partial charge in [-0.25, -0.2) is 9.59 Å². The van der Waals surface area contributed by atoms with E-state index in [-0.39, 0.29) is 5.97 Å². The van der Waals surface area contributed by atoms with Gasteiger partial charge in [0.25, 0.3) is 0 Å². The molecule has 0 saturated heterocycles. The van der Waals surface area contributed by atoms with Gasteiger partial charge in [0, 0.05) is 40.6 Å². The number of fused-ring (bicyclic) bond motifs is 1. The van der Waals surface area contributed by atoms with E-state index in [9.17, 15) is 9.59 Å². The highest BCUT2D eigenvalue weighted by molar-refractivity contribution is 5.85. The smallest absolute Gasteiger partial charge is 0.330 e. The second-order valence-electron chi connectivity index (χ2n) is 10.7. The summed E-state index contributed by atoms with van der Waals surface area (Å²) in [6.07, 6.45) is 8.16. The molecule has 4 rings (SSSR count). The van der Waals surface area contributed by atoms with E-state index >= 15 is 0 Å². The second kappa shape index (κ2) is 20.1. The van der Waals surface area contributed by atoms with E-state index < -0.39 is 5.97 Å². The summed E-state index contributed by atoms with van der Waals surface area (Å²) in [5, 5.41) is 2.16. The summed E-state index contributed by atoms with van der Waals surface area (Å²) in [6, 6.07) is 27.5. The maximum atomic E-state index is 11.0. The van der Waals surface area contributed by atoms with Crippen molar-refractivity contribution in [3.63, 3.8) is 0 Å². The number of hydrogen-bond acceptors (Lipinski definition) is 6. The monoisotopic (exact) mass is 647 g/mol. The van der Waals surface area contributed by atoms with Gasteiger partial charge >= 0.3 is 11.9 Å². The molecule has 6 nitrogen and oxygen atoms in total. The van der Waals surface area contributed by atoms with Crippen LogP contribution in [0.15, 0.2) is 115 Å². The van der Waals surface area contributed by atoms with E-state index in [0.717, 1.165) is 69.8 Å². The Kier molecular flexibility index (Phi) is 14.6. The van der Waals surface area contributed by atoms with E-state index in [4.69, 9.17) is 14.2 Å². The molecule has 49 heavy (non-hydrogen) atoms. The van der Waals surface area contributed by atoms with Gasteiger partial charge in [-0.1, -0.05) is 49.0 Å². The quantitative estimate of drug-likeness (QED) is 0.0454. The lowest BCUT2D eigenvalue weighted by Gasteiger charge is -2.08. The van der Waals surface area contributed by atoms with Crippen LogP contribution in [0.5, 0.6) is 5.75 Å². The molecule has 0 heterocycles. The third-order valence-electron chi connectivity index (χ3n) is 6.99. The van der Waals surface area contributed by atoms with Crippen LogP contribution in [0.2, 0.25) is 0 Å². The van der Waals surface area contributed by atoms with E-state index in [1.807, 2.05) is 91.1 Å². The molecule has 0 aliphatic carbocycles. The molecule has 0 unspecified atom stereocenters. The van der Waals surface area contributed by atoms with Gasteiger partial charge in [-0.15, -0.1) is 0 Å². The number of carbonyl (C=O) groups is 2. The molecule has 0 bridgehead atoms. The van der Waals surface area contributed by atoms with Crippen molar-refractivity contribution < 1.29 is 23.8 Å². The van der Waals surface area contributed by atoms with Gasteiger partial charge in [-0.2, -0.15) is 0 Å². The first-order valence-corrected chi connectivity index (χ1v) is 16.0. The zero-order valence-electron chi connectivity index (χ0n) is 27.4. The highest BCUT2D eigenvalue weighted by Gasteiger charge is 2.01. The zero-order chi connectivity index (χ0) is 34.5. The van der Waals surface area contributed by atoms with Gasteiger partial charge in [0.05, 0.1) is 25.5 Å². The molecule has 0 saturated carbocycles. The average Bonchev–Trinajstić information content (AvgIpc) is 3.14. The summed E-state index contributed by atoms with van der Waals surface area (Å²) in [4.78, 5) is 26.5. The number of esters is 2. The lowest BCUT2D eigenvalue weighted by Crippen LogP contribution is -2.03. The minimum absolute atomic E-state index is 0.349. The summed E-state index contributed by atoms with van der Waals surface area (Å²) < 4.78 is 15.8. The number of benzene rings is 4. The SMILES string of the molecule is C=CC(=O)OCCCC=Nc1ccc(C#Cc2ccc(C#CC#Cc3ccc4cc(OCCCCCOC(=O)C=C)ccc4c3)cc2)cc1. The van der Waals surface area contributed by atoms with Crippen LogP contribution in [-0.4, -0.2) is 38.0 Å². The Morgan fingerprint density at radius 1 is 0.592 bits per heavy atom. The Labute approximate surface area is 288 Å². The van der Waals surface area contributed by atoms with Crippen molar-refractivity contribution in [1.82, 2.24) is 0 Å². The fraction of sp³-hybridized carbons (Fsp3) is 0.186. The largest absolute Gasteiger partial charge is 0.494 e. The number of nitrogens with zero attached hydrogens (tertiary/aromatic N) is 1. The molecule has 0 aliphatic heterocycles. The molecule has 0 spiro atoms. The number of aliphatic imine (C=N–C) groups is 1. The van der Waals surface area contributed by atoms with Gasteiger partial charge in [0.2, 0.25) is 0 Å². The maximum absolute atomic E-state index is 11.0. The molecule has 0 aliphatic rings. The minimum atomic E-state index is -0.409. The van der Waals surface area contributed by atoms with Crippen molar-refractivity contribution >= 4 is 34.6 Å². The first-order valence-electron chi connectivity index (χ1n) is 16.0. The van der Waals surface area contributed by atoms with Gasteiger partial charge in [-0.05, 0) is 128 Å². The number of unbranched alkanes of at least 4 members (excludes halogenated alkanes) is 3. The Balaban J connectivity index is 1.21. The molecule has 4 aromatic rings. The first kappa shape index (κ1) is 35.6. The highest BCUT2D eigenvalue weighted by atomic mass is 16.5. The lowest BCUT2D eigenvalue weighted by molar-refractivity contribution is -0.138. The maximum Gasteiger partial charge on any atom is 0.330 e. The number of ether oxygens (including phenoxy) is 3. The molecule has 4 aromatic carbocycles. The normalized spacial score (nSPS) is 10.0. The van der Waals surface area contributed by atoms with Crippen molar-refractivity contribution in [3.05, 3.63) is 132 Å². The summed E-state index contributed by atoms with van der Waals surface area (Å²) in [5.41, 5.74) is 4.38. The van der Waals surface area contributed by atoms with Crippen LogP contribution in [0, 0.1) is 35.5 Å². The first-order chi connectivity index (χ1) is 24.0. The fourth-order valence-corrected chi connectivity index (χ4v) is 4.39. The van der Waals surface area contributed by atoms with Crippen molar-refractivity contribution in [2.24, 2.45) is 4.99 Å². The lowest BCUT2D eigenvalue weighted by atomic mass is 10.1. The van der Waals surface area contributed by atoms with Crippen molar-refractivity contribution in [3.8, 4) is 41.3 Å². The molecule has 0 atom stereocenters. The number of carbonyl (C=O) groups excluding carboxylic acids is 2. The Hall–Kier alpha value is -6.29. The van der Waals surface area contributed by atoms with Gasteiger partial charge in [0.15, 0.2) is 0 Å². The topological polar surface area (TPSA) is 74.2 Å². The second-order valence-corrected chi connectivity index (χ2v) is 10.7. The van der Waals surface area contributed by atoms with Crippen LogP contribution < -0.4 is 4.74 Å². The van der Waals surface area contributed by atoms with Crippen LogP contribution in [0.1, 0.15) is 54.4 Å². The third-order valence-corrected chi connectivity index (χ3v) is 6.99. The average molecular weight is 648 g/mol. The van der Waals surface area contributed by atoms with Gasteiger partial charge in [0.1, 0.15) is 5.75 Å². The predicted octanol–water partition coefficient (Wildman–Crippen LogP) is 8.13. The summed E-state index contributed by atoms with van der Waals surface area (Å²) in [7, 11) is 0. The molecule has 0 radical (unpaired) electrons. The predicted molar refractivity (Wildman–Crippen MR) is 196 cm³/mol. The highest BCUT2D eigenvalue weighted by Crippen LogP contribution is 2.22. The molecule has 0 amide bonds. The molecule has 244 valence electrons. The Morgan fingerprint density at radius 2 is 1.12 bits per heavy atom. The van der Waals surface area contributed by atoms with Crippen molar-refractivity contribution in [1.29, 1.82) is 0 Å². The molecule has 0 fully saturated rings. The van der Waals surface area contributed by atoms with E-state index in [1.165, 1.54) is 6.08 Å². The summed E-state index contributed by atoms with van der Waals surface area (Å²) >= 11 is 0. The standard InChI is InChI=1S/C43H37NO5/c1-3-42(45)48-30-10-5-9-29-47-41-27-24-38-32-37(20-23-39(38)33-41)13-7-6-12-34-14-16-35(17-15-34)18-19-36-21-25-40(26-22-36)44-28-8-11-31-49-43(46)4-2/h3-4,14-17,20-28,32-33H,1-2,5,8-11,29-31H2. The summed E-state index contributed by atoms with van der Waals surface area (Å²) in [6.45, 7) is 8.11. The van der Waals surface area contributed by atoms with Crippen molar-refractivity contribution in [2.45, 2.75) is 32.1 Å². The van der Waals surface area contributed by atoms with Crippen LogP contribution in [-0.2, 0) is 19.1 Å². The van der Waals surface area contributed by atoms with Gasteiger partial charge in [-0.3, -0.25) is 4.99 Å². The molecular weight excluding hydrogens is 610 g/mol. The molecule has 0 N–H and O–H groups in total. The minimum Gasteiger partial charge on any atom is -0.494 e. The number of rotatable bonds is 14. The zero-order valence-corrected chi connectivity index (χ0v) is 27.4. The molecular formula is C43H37NO5. The number of hydrogen-bond donors (Lipinski definition) is 0. The van der Waals surface area contributed by atoms with Crippen LogP contribution in [0.4, 0.5) is 5.69 Å². The summed E-state index contributed by atoms with van der Waals surface area (Å²) in [5.74, 6) is 18.5. The van der Waals surface area contributed by atoms with E-state index in [0.29, 0.717) is 32.7 Å².